The number of fused-ring (bicyclic) bond motifs is 7. The van der Waals surface area contributed by atoms with Crippen molar-refractivity contribution in [2.24, 2.45) is 46.3 Å². The molecule has 9 atom stereocenters. The first-order chi connectivity index (χ1) is 14.2. The topological polar surface area (TPSA) is 46.5 Å². The predicted molar refractivity (Wildman–Crippen MR) is 119 cm³/mol. The van der Waals surface area contributed by atoms with Crippen LogP contribution in [-0.4, -0.2) is 23.1 Å². The molecule has 0 radical (unpaired) electrons. The highest BCUT2D eigenvalue weighted by atomic mass is 16.5. The van der Waals surface area contributed by atoms with Gasteiger partial charge in [-0.1, -0.05) is 27.7 Å². The SMILES string of the molecule is CC1=C(CCC(C)C)OC2CC3C4CC[C@H]5C[C@@H](O)CC[C@]5(C)C4CC(=O)[C@]3(C)C12. The first-order valence-electron chi connectivity index (χ1n) is 12.7. The Kier molecular flexibility index (Phi) is 4.97. The van der Waals surface area contributed by atoms with Gasteiger partial charge in [0.25, 0.3) is 0 Å². The molecule has 0 amide bonds. The fraction of sp³-hybridized carbons (Fsp3) is 0.889. The van der Waals surface area contributed by atoms with E-state index in [0.29, 0.717) is 41.3 Å². The summed E-state index contributed by atoms with van der Waals surface area (Å²) >= 11 is 0. The van der Waals surface area contributed by atoms with Crippen LogP contribution in [0, 0.1) is 46.3 Å². The molecular formula is C27H42O3. The molecule has 168 valence electrons. The summed E-state index contributed by atoms with van der Waals surface area (Å²) in [4.78, 5) is 13.9. The minimum Gasteiger partial charge on any atom is -0.494 e. The first kappa shape index (κ1) is 21.0. The Hall–Kier alpha value is -0.830. The number of ketones is 1. The van der Waals surface area contributed by atoms with Crippen molar-refractivity contribution >= 4 is 5.78 Å². The van der Waals surface area contributed by atoms with Gasteiger partial charge in [0.1, 0.15) is 11.9 Å². The second-order valence-electron chi connectivity index (χ2n) is 12.4. The second-order valence-corrected chi connectivity index (χ2v) is 12.4. The molecule has 30 heavy (non-hydrogen) atoms. The molecule has 0 spiro atoms. The molecule has 3 heteroatoms. The molecule has 1 aliphatic heterocycles. The predicted octanol–water partition coefficient (Wildman–Crippen LogP) is 5.90. The molecule has 0 saturated heterocycles. The van der Waals surface area contributed by atoms with E-state index in [9.17, 15) is 9.90 Å². The average molecular weight is 415 g/mol. The van der Waals surface area contributed by atoms with Gasteiger partial charge in [-0.15, -0.1) is 0 Å². The molecule has 4 fully saturated rings. The normalized spacial score (nSPS) is 50.1. The first-order valence-corrected chi connectivity index (χ1v) is 12.7. The number of aliphatic hydroxyl groups excluding tert-OH is 1. The van der Waals surface area contributed by atoms with Gasteiger partial charge in [0, 0.05) is 24.2 Å². The number of carbonyl (C=O) groups excluding carboxylic acids is 1. The highest BCUT2D eigenvalue weighted by molar-refractivity contribution is 5.87. The van der Waals surface area contributed by atoms with Crippen LogP contribution in [0.1, 0.15) is 92.4 Å². The van der Waals surface area contributed by atoms with Crippen LogP contribution in [0.2, 0.25) is 0 Å². The molecular weight excluding hydrogens is 372 g/mol. The zero-order chi connectivity index (χ0) is 21.4. The Bertz CT molecular complexity index is 753. The Morgan fingerprint density at radius 1 is 1.13 bits per heavy atom. The largest absolute Gasteiger partial charge is 0.494 e. The number of hydrogen-bond donors (Lipinski definition) is 1. The Balaban J connectivity index is 1.43. The molecule has 0 bridgehead atoms. The van der Waals surface area contributed by atoms with Crippen molar-refractivity contribution in [3.8, 4) is 0 Å². The lowest BCUT2D eigenvalue weighted by atomic mass is 9.44. The molecule has 4 aliphatic carbocycles. The molecule has 4 saturated carbocycles. The van der Waals surface area contributed by atoms with Crippen molar-refractivity contribution in [1.29, 1.82) is 0 Å². The molecule has 5 unspecified atom stereocenters. The van der Waals surface area contributed by atoms with E-state index in [1.54, 1.807) is 0 Å². The smallest absolute Gasteiger partial charge is 0.140 e. The maximum atomic E-state index is 13.9. The molecule has 1 heterocycles. The van der Waals surface area contributed by atoms with Gasteiger partial charge in [0.15, 0.2) is 0 Å². The molecule has 0 aromatic rings. The lowest BCUT2D eigenvalue weighted by molar-refractivity contribution is -0.158. The fourth-order valence-corrected chi connectivity index (χ4v) is 8.92. The van der Waals surface area contributed by atoms with Gasteiger partial charge in [-0.05, 0) is 92.4 Å². The van der Waals surface area contributed by atoms with Gasteiger partial charge in [-0.3, -0.25) is 4.79 Å². The lowest BCUT2D eigenvalue weighted by Crippen LogP contribution is -2.57. The molecule has 1 N–H and O–H groups in total. The zero-order valence-electron chi connectivity index (χ0n) is 19.7. The summed E-state index contributed by atoms with van der Waals surface area (Å²) in [5.74, 6) is 4.94. The number of hydrogen-bond acceptors (Lipinski definition) is 3. The third kappa shape index (κ3) is 2.82. The van der Waals surface area contributed by atoms with E-state index in [4.69, 9.17) is 4.74 Å². The minimum atomic E-state index is -0.229. The number of rotatable bonds is 3. The molecule has 5 rings (SSSR count). The van der Waals surface area contributed by atoms with Crippen LogP contribution in [0.5, 0.6) is 0 Å². The lowest BCUT2D eigenvalue weighted by Gasteiger charge is -2.60. The quantitative estimate of drug-likeness (QED) is 0.625. The number of aliphatic hydroxyl groups is 1. The number of Topliss-reactive ketones (excluding diaryl/α,β-unsaturated/α-hetero) is 1. The third-order valence-corrected chi connectivity index (χ3v) is 10.7. The van der Waals surface area contributed by atoms with Crippen LogP contribution >= 0.6 is 0 Å². The van der Waals surface area contributed by atoms with Crippen molar-refractivity contribution in [2.75, 3.05) is 0 Å². The third-order valence-electron chi connectivity index (χ3n) is 10.7. The summed E-state index contributed by atoms with van der Waals surface area (Å²) in [6.07, 6.45) is 9.57. The number of ether oxygens (including phenoxy) is 1. The molecule has 0 aromatic carbocycles. The van der Waals surface area contributed by atoms with Crippen molar-refractivity contribution in [2.45, 2.75) is 105 Å². The Labute approximate surface area is 183 Å². The molecule has 0 aromatic heterocycles. The van der Waals surface area contributed by atoms with Crippen LogP contribution < -0.4 is 0 Å². The van der Waals surface area contributed by atoms with Gasteiger partial charge in [0.05, 0.1) is 11.9 Å². The van der Waals surface area contributed by atoms with Gasteiger partial charge in [0.2, 0.25) is 0 Å². The summed E-state index contributed by atoms with van der Waals surface area (Å²) in [5, 5.41) is 10.3. The van der Waals surface area contributed by atoms with E-state index >= 15 is 0 Å². The number of carbonyl (C=O) groups is 1. The van der Waals surface area contributed by atoms with Gasteiger partial charge >= 0.3 is 0 Å². The van der Waals surface area contributed by atoms with Crippen LogP contribution in [0.4, 0.5) is 0 Å². The van der Waals surface area contributed by atoms with Gasteiger partial charge < -0.3 is 9.84 Å². The van der Waals surface area contributed by atoms with E-state index in [-0.39, 0.29) is 23.0 Å². The van der Waals surface area contributed by atoms with E-state index in [0.717, 1.165) is 44.9 Å². The van der Waals surface area contributed by atoms with Crippen LogP contribution in [0.15, 0.2) is 11.3 Å². The highest BCUT2D eigenvalue weighted by Gasteiger charge is 2.67. The summed E-state index contributed by atoms with van der Waals surface area (Å²) in [6.45, 7) is 11.6. The van der Waals surface area contributed by atoms with Crippen LogP contribution in [0.3, 0.4) is 0 Å². The van der Waals surface area contributed by atoms with E-state index in [1.807, 2.05) is 0 Å². The van der Waals surface area contributed by atoms with Crippen molar-refractivity contribution in [1.82, 2.24) is 0 Å². The van der Waals surface area contributed by atoms with Gasteiger partial charge in [-0.25, -0.2) is 0 Å². The van der Waals surface area contributed by atoms with Crippen LogP contribution in [-0.2, 0) is 9.53 Å². The van der Waals surface area contributed by atoms with Crippen molar-refractivity contribution in [3.63, 3.8) is 0 Å². The molecule has 5 aliphatic rings. The van der Waals surface area contributed by atoms with Crippen molar-refractivity contribution in [3.05, 3.63) is 11.3 Å². The molecule has 3 nitrogen and oxygen atoms in total. The van der Waals surface area contributed by atoms with E-state index in [2.05, 4.69) is 34.6 Å². The summed E-state index contributed by atoms with van der Waals surface area (Å²) in [7, 11) is 0. The highest BCUT2D eigenvalue weighted by Crippen LogP contribution is 2.68. The maximum Gasteiger partial charge on any atom is 0.140 e. The average Bonchev–Trinajstić information content (AvgIpc) is 3.16. The fourth-order valence-electron chi connectivity index (χ4n) is 8.92. The van der Waals surface area contributed by atoms with Crippen molar-refractivity contribution < 1.29 is 14.6 Å². The Morgan fingerprint density at radius 3 is 2.63 bits per heavy atom. The van der Waals surface area contributed by atoms with E-state index < -0.39 is 0 Å². The van der Waals surface area contributed by atoms with Crippen LogP contribution in [0.25, 0.3) is 0 Å². The Morgan fingerprint density at radius 2 is 1.90 bits per heavy atom. The summed E-state index contributed by atoms with van der Waals surface area (Å²) < 4.78 is 6.57. The van der Waals surface area contributed by atoms with E-state index in [1.165, 1.54) is 24.2 Å². The number of allylic oxidation sites excluding steroid dienone is 1. The zero-order valence-corrected chi connectivity index (χ0v) is 19.7. The van der Waals surface area contributed by atoms with Gasteiger partial charge in [-0.2, -0.15) is 0 Å². The maximum absolute atomic E-state index is 13.9. The second kappa shape index (κ2) is 7.09. The summed E-state index contributed by atoms with van der Waals surface area (Å²) in [5.41, 5.74) is 1.40. The monoisotopic (exact) mass is 414 g/mol. The minimum absolute atomic E-state index is 0.125. The standard InChI is InChI=1S/C27H42O3/c1-15(2)6-9-22-16(3)25-23(30-22)13-21-19-8-7-17-12-18(28)10-11-26(17,4)20(19)14-24(29)27(21,25)5/h15,17-21,23,25,28H,6-14H2,1-5H3/t17-,18-,19?,20?,21?,23?,25?,26-,27+/m0/s1. The summed E-state index contributed by atoms with van der Waals surface area (Å²) in [6, 6.07) is 0.